The van der Waals surface area contributed by atoms with Crippen molar-refractivity contribution >= 4 is 21.7 Å². The highest BCUT2D eigenvalue weighted by Gasteiger charge is 2.23. The van der Waals surface area contributed by atoms with Gasteiger partial charge in [-0.05, 0) is 63.3 Å². The van der Waals surface area contributed by atoms with E-state index in [2.05, 4.69) is 26.7 Å². The Balaban J connectivity index is 1.78. The van der Waals surface area contributed by atoms with E-state index in [1.807, 2.05) is 19.1 Å². The molecule has 140 valence electrons. The van der Waals surface area contributed by atoms with Crippen LogP contribution in [0.3, 0.4) is 0 Å². The van der Waals surface area contributed by atoms with Crippen molar-refractivity contribution in [2.75, 3.05) is 16.2 Å². The summed E-state index contributed by atoms with van der Waals surface area (Å²) in [5, 5.41) is 8.36. The summed E-state index contributed by atoms with van der Waals surface area (Å²) in [6.45, 7) is 6.88. The summed E-state index contributed by atoms with van der Waals surface area (Å²) in [6.07, 6.45) is 4.64. The first-order chi connectivity index (χ1) is 12.4. The van der Waals surface area contributed by atoms with Gasteiger partial charge in [-0.15, -0.1) is 10.2 Å². The van der Waals surface area contributed by atoms with E-state index in [9.17, 15) is 8.42 Å². The molecule has 2 heterocycles. The van der Waals surface area contributed by atoms with Gasteiger partial charge in [0.1, 0.15) is 0 Å². The summed E-state index contributed by atoms with van der Waals surface area (Å²) < 4.78 is 27.8. The first-order valence-corrected chi connectivity index (χ1v) is 10.6. The fourth-order valence-electron chi connectivity index (χ4n) is 3.55. The molecule has 6 nitrogen and oxygen atoms in total. The molecule has 0 bridgehead atoms. The summed E-state index contributed by atoms with van der Waals surface area (Å²) in [5.41, 5.74) is 1.73. The van der Waals surface area contributed by atoms with E-state index < -0.39 is 10.0 Å². The Morgan fingerprint density at radius 1 is 1.15 bits per heavy atom. The number of anilines is 2. The molecule has 1 unspecified atom stereocenters. The quantitative estimate of drug-likeness (QED) is 0.864. The monoisotopic (exact) mass is 374 g/mol. The molecule has 3 rings (SSSR count). The Morgan fingerprint density at radius 3 is 2.62 bits per heavy atom. The van der Waals surface area contributed by atoms with Crippen molar-refractivity contribution in [3.8, 4) is 0 Å². The number of nitrogens with zero attached hydrogens (tertiary/aromatic N) is 3. The molecule has 0 amide bonds. The molecule has 1 atom stereocenters. The molecule has 0 aliphatic carbocycles. The standard InChI is InChI=1S/C19H26N4O2S/c1-4-16-7-5-6-12-23(16)19-11-10-18(20-21-19)22-26(24,25)17-9-8-14(2)13-15(17)3/h8-11,13,16H,4-7,12H2,1-3H3,(H,20,22). The number of benzene rings is 1. The number of rotatable bonds is 5. The lowest BCUT2D eigenvalue weighted by atomic mass is 10.0. The highest BCUT2D eigenvalue weighted by molar-refractivity contribution is 7.92. The lowest BCUT2D eigenvalue weighted by Gasteiger charge is -2.35. The molecule has 26 heavy (non-hydrogen) atoms. The predicted molar refractivity (Wildman–Crippen MR) is 104 cm³/mol. The topological polar surface area (TPSA) is 75.2 Å². The van der Waals surface area contributed by atoms with Gasteiger partial charge in [-0.2, -0.15) is 0 Å². The molecule has 1 saturated heterocycles. The molecule has 1 aliphatic rings. The predicted octanol–water partition coefficient (Wildman–Crippen LogP) is 3.66. The Labute approximate surface area is 155 Å². The summed E-state index contributed by atoms with van der Waals surface area (Å²) >= 11 is 0. The van der Waals surface area contributed by atoms with Gasteiger partial charge in [0.15, 0.2) is 11.6 Å². The average molecular weight is 375 g/mol. The Bertz CT molecular complexity index is 866. The number of nitrogens with one attached hydrogen (secondary N) is 1. The second-order valence-corrected chi connectivity index (χ2v) is 8.55. The smallest absolute Gasteiger partial charge is 0.263 e. The van der Waals surface area contributed by atoms with Gasteiger partial charge in [0.2, 0.25) is 0 Å². The van der Waals surface area contributed by atoms with Crippen molar-refractivity contribution in [1.82, 2.24) is 10.2 Å². The Hall–Kier alpha value is -2.15. The highest BCUT2D eigenvalue weighted by Crippen LogP contribution is 2.25. The molecule has 0 radical (unpaired) electrons. The molecule has 1 aromatic carbocycles. The van der Waals surface area contributed by atoms with Gasteiger partial charge in [0, 0.05) is 12.6 Å². The number of aromatic nitrogens is 2. The van der Waals surface area contributed by atoms with Crippen LogP contribution in [0.1, 0.15) is 43.7 Å². The zero-order valence-corrected chi connectivity index (χ0v) is 16.4. The van der Waals surface area contributed by atoms with E-state index >= 15 is 0 Å². The maximum atomic E-state index is 12.6. The molecule has 1 aliphatic heterocycles. The van der Waals surface area contributed by atoms with E-state index in [1.165, 1.54) is 12.8 Å². The molecular formula is C19H26N4O2S. The van der Waals surface area contributed by atoms with Crippen molar-refractivity contribution in [1.29, 1.82) is 0 Å². The van der Waals surface area contributed by atoms with Crippen LogP contribution in [0.4, 0.5) is 11.6 Å². The van der Waals surface area contributed by atoms with Gasteiger partial charge in [-0.1, -0.05) is 24.6 Å². The minimum atomic E-state index is -3.68. The van der Waals surface area contributed by atoms with Crippen LogP contribution in [-0.2, 0) is 10.0 Å². The Kier molecular flexibility index (Phi) is 5.46. The molecule has 2 aromatic rings. The highest BCUT2D eigenvalue weighted by atomic mass is 32.2. The summed E-state index contributed by atoms with van der Waals surface area (Å²) in [5.74, 6) is 1.05. The van der Waals surface area contributed by atoms with Crippen LogP contribution < -0.4 is 9.62 Å². The van der Waals surface area contributed by atoms with Crippen LogP contribution in [0, 0.1) is 13.8 Å². The summed E-state index contributed by atoms with van der Waals surface area (Å²) in [7, 11) is -3.68. The zero-order chi connectivity index (χ0) is 18.7. The Morgan fingerprint density at radius 2 is 1.96 bits per heavy atom. The van der Waals surface area contributed by atoms with Gasteiger partial charge < -0.3 is 4.90 Å². The van der Waals surface area contributed by atoms with Crippen LogP contribution >= 0.6 is 0 Å². The second kappa shape index (κ2) is 7.61. The molecule has 1 fully saturated rings. The third-order valence-corrected chi connectivity index (χ3v) is 6.42. The first kappa shape index (κ1) is 18.6. The van der Waals surface area contributed by atoms with Crippen molar-refractivity contribution in [2.24, 2.45) is 0 Å². The van der Waals surface area contributed by atoms with Gasteiger partial charge in [-0.3, -0.25) is 4.72 Å². The van der Waals surface area contributed by atoms with E-state index in [0.29, 0.717) is 11.6 Å². The largest absolute Gasteiger partial charge is 0.352 e. The van der Waals surface area contributed by atoms with Gasteiger partial charge >= 0.3 is 0 Å². The van der Waals surface area contributed by atoms with Crippen LogP contribution in [-0.4, -0.2) is 31.2 Å². The number of hydrogen-bond acceptors (Lipinski definition) is 5. The van der Waals surface area contributed by atoms with Gasteiger partial charge in [0.25, 0.3) is 10.0 Å². The van der Waals surface area contributed by atoms with Crippen LogP contribution in [0.15, 0.2) is 35.2 Å². The van der Waals surface area contributed by atoms with Crippen molar-refractivity contribution in [2.45, 2.75) is 57.4 Å². The van der Waals surface area contributed by atoms with E-state index in [1.54, 1.807) is 25.1 Å². The van der Waals surface area contributed by atoms with Crippen molar-refractivity contribution in [3.05, 3.63) is 41.5 Å². The molecule has 1 aromatic heterocycles. The third kappa shape index (κ3) is 3.98. The number of piperidine rings is 1. The number of hydrogen-bond donors (Lipinski definition) is 1. The number of aryl methyl sites for hydroxylation is 2. The van der Waals surface area contributed by atoms with E-state index in [4.69, 9.17) is 0 Å². The molecule has 0 spiro atoms. The normalized spacial score (nSPS) is 18.0. The molecular weight excluding hydrogens is 348 g/mol. The van der Waals surface area contributed by atoms with Crippen molar-refractivity contribution < 1.29 is 8.42 Å². The molecule has 0 saturated carbocycles. The van der Waals surface area contributed by atoms with Crippen LogP contribution in [0.5, 0.6) is 0 Å². The fourth-order valence-corrected chi connectivity index (χ4v) is 4.78. The average Bonchev–Trinajstić information content (AvgIpc) is 2.61. The summed E-state index contributed by atoms with van der Waals surface area (Å²) in [6, 6.07) is 9.28. The van der Waals surface area contributed by atoms with Gasteiger partial charge in [-0.25, -0.2) is 8.42 Å². The second-order valence-electron chi connectivity index (χ2n) is 6.90. The maximum Gasteiger partial charge on any atom is 0.263 e. The first-order valence-electron chi connectivity index (χ1n) is 9.11. The minimum Gasteiger partial charge on any atom is -0.352 e. The van der Waals surface area contributed by atoms with E-state index in [-0.39, 0.29) is 10.7 Å². The zero-order valence-electron chi connectivity index (χ0n) is 15.6. The van der Waals surface area contributed by atoms with Crippen molar-refractivity contribution in [3.63, 3.8) is 0 Å². The van der Waals surface area contributed by atoms with Crippen LogP contribution in [0.2, 0.25) is 0 Å². The minimum absolute atomic E-state index is 0.235. The third-order valence-electron chi connectivity index (χ3n) is 4.90. The maximum absolute atomic E-state index is 12.6. The summed E-state index contributed by atoms with van der Waals surface area (Å²) in [4.78, 5) is 2.54. The molecule has 7 heteroatoms. The SMILES string of the molecule is CCC1CCCCN1c1ccc(NS(=O)(=O)c2ccc(C)cc2C)nn1. The number of sulfonamides is 1. The molecule has 1 N–H and O–H groups in total. The lowest BCUT2D eigenvalue weighted by Crippen LogP contribution is -2.39. The lowest BCUT2D eigenvalue weighted by molar-refractivity contribution is 0.445. The van der Waals surface area contributed by atoms with Gasteiger partial charge in [0.05, 0.1) is 4.90 Å². The van der Waals surface area contributed by atoms with E-state index in [0.717, 1.165) is 30.8 Å². The van der Waals surface area contributed by atoms with Crippen LogP contribution in [0.25, 0.3) is 0 Å². The fraction of sp³-hybridized carbons (Fsp3) is 0.474.